The van der Waals surface area contributed by atoms with Gasteiger partial charge >= 0.3 is 0 Å². The molecular weight excluding hydrogens is 396 g/mol. The molecule has 2 aromatic rings. The summed E-state index contributed by atoms with van der Waals surface area (Å²) in [5.74, 6) is -2.23. The molecule has 0 N–H and O–H groups in total. The summed E-state index contributed by atoms with van der Waals surface area (Å²) >= 11 is 0. The molecule has 0 bridgehead atoms. The van der Waals surface area contributed by atoms with Crippen LogP contribution in [0.1, 0.15) is 22.8 Å². The number of nitrogens with zero attached hydrogens (tertiary/aromatic N) is 1. The van der Waals surface area contributed by atoms with Crippen molar-refractivity contribution < 1.29 is 25.6 Å². The van der Waals surface area contributed by atoms with Gasteiger partial charge in [-0.25, -0.2) is 29.9 Å². The molecule has 1 aliphatic rings. The molecule has 1 heterocycles. The van der Waals surface area contributed by atoms with E-state index in [9.17, 15) is 25.6 Å². The first-order chi connectivity index (χ1) is 12.7. The van der Waals surface area contributed by atoms with Crippen molar-refractivity contribution in [1.29, 1.82) is 0 Å². The minimum Gasteiger partial charge on any atom is -0.228 e. The van der Waals surface area contributed by atoms with Gasteiger partial charge in [0.05, 0.1) is 16.8 Å². The van der Waals surface area contributed by atoms with Gasteiger partial charge in [-0.15, -0.1) is 0 Å². The largest absolute Gasteiger partial charge is 0.228 e. The van der Waals surface area contributed by atoms with Crippen LogP contribution in [0.3, 0.4) is 0 Å². The Balaban J connectivity index is 1.85. The summed E-state index contributed by atoms with van der Waals surface area (Å²) < 4.78 is 79.5. The van der Waals surface area contributed by atoms with Gasteiger partial charge in [0.15, 0.2) is 9.84 Å². The van der Waals surface area contributed by atoms with Crippen LogP contribution < -0.4 is 0 Å². The van der Waals surface area contributed by atoms with Crippen molar-refractivity contribution in [3.05, 3.63) is 71.3 Å². The van der Waals surface area contributed by atoms with Crippen LogP contribution in [0.25, 0.3) is 0 Å². The molecule has 0 amide bonds. The third kappa shape index (κ3) is 4.36. The highest BCUT2D eigenvalue weighted by Crippen LogP contribution is 2.32. The average Bonchev–Trinajstić information content (AvgIpc) is 2.76. The molecule has 0 saturated carbocycles. The number of sulfone groups is 1. The van der Waals surface area contributed by atoms with Crippen molar-refractivity contribution in [1.82, 2.24) is 4.31 Å². The van der Waals surface area contributed by atoms with E-state index in [0.29, 0.717) is 0 Å². The van der Waals surface area contributed by atoms with E-state index in [0.717, 1.165) is 4.31 Å². The van der Waals surface area contributed by atoms with E-state index >= 15 is 0 Å². The molecule has 0 aromatic heterocycles. The summed E-state index contributed by atoms with van der Waals surface area (Å²) in [5.41, 5.74) is 0.0705. The Morgan fingerprint density at radius 3 is 2.26 bits per heavy atom. The number of benzene rings is 2. The highest BCUT2D eigenvalue weighted by atomic mass is 32.2. The fourth-order valence-electron chi connectivity index (χ4n) is 3.19. The molecule has 1 unspecified atom stereocenters. The third-order valence-electron chi connectivity index (χ3n) is 4.64. The van der Waals surface area contributed by atoms with Gasteiger partial charge in [-0.3, -0.25) is 0 Å². The van der Waals surface area contributed by atoms with E-state index in [2.05, 4.69) is 0 Å². The van der Waals surface area contributed by atoms with Gasteiger partial charge in [-0.1, -0.05) is 36.4 Å². The van der Waals surface area contributed by atoms with Crippen molar-refractivity contribution in [2.75, 3.05) is 18.8 Å². The summed E-state index contributed by atoms with van der Waals surface area (Å²) in [7, 11) is -7.64. The first-order valence-electron chi connectivity index (χ1n) is 8.38. The minimum atomic E-state index is -3.91. The Labute approximate surface area is 157 Å². The molecule has 3 rings (SSSR count). The first kappa shape index (κ1) is 19.9. The third-order valence-corrected chi connectivity index (χ3v) is 8.58. The van der Waals surface area contributed by atoms with Crippen LogP contribution in [-0.4, -0.2) is 40.0 Å². The highest BCUT2D eigenvalue weighted by molar-refractivity contribution is 7.91. The maximum Gasteiger partial charge on any atom is 0.218 e. The van der Waals surface area contributed by atoms with Crippen LogP contribution in [0.15, 0.2) is 48.5 Å². The Kier molecular flexibility index (Phi) is 5.64. The van der Waals surface area contributed by atoms with E-state index in [-0.39, 0.29) is 30.6 Å². The zero-order chi connectivity index (χ0) is 19.7. The molecule has 1 saturated heterocycles. The zero-order valence-electron chi connectivity index (χ0n) is 14.4. The van der Waals surface area contributed by atoms with E-state index in [4.69, 9.17) is 0 Å². The fourth-order valence-corrected chi connectivity index (χ4v) is 6.67. The van der Waals surface area contributed by atoms with Gasteiger partial charge in [-0.2, -0.15) is 0 Å². The molecule has 2 aromatic carbocycles. The lowest BCUT2D eigenvalue weighted by atomic mass is 10.1. The van der Waals surface area contributed by atoms with Crippen LogP contribution in [0.4, 0.5) is 8.78 Å². The van der Waals surface area contributed by atoms with Crippen LogP contribution >= 0.6 is 0 Å². The molecule has 9 heteroatoms. The summed E-state index contributed by atoms with van der Waals surface area (Å²) in [4.78, 5) is 0. The van der Waals surface area contributed by atoms with Crippen molar-refractivity contribution in [2.24, 2.45) is 0 Å². The Bertz CT molecular complexity index is 1040. The Morgan fingerprint density at radius 1 is 0.963 bits per heavy atom. The van der Waals surface area contributed by atoms with Crippen LogP contribution in [0, 0.1) is 11.6 Å². The molecule has 1 atom stereocenters. The van der Waals surface area contributed by atoms with Crippen LogP contribution in [-0.2, 0) is 25.6 Å². The van der Waals surface area contributed by atoms with Crippen molar-refractivity contribution >= 4 is 19.9 Å². The number of rotatable bonds is 4. The summed E-state index contributed by atoms with van der Waals surface area (Å²) in [5, 5.41) is -1.10. The minimum absolute atomic E-state index is 0.0234. The Morgan fingerprint density at radius 2 is 1.59 bits per heavy atom. The molecule has 0 radical (unpaired) electrons. The van der Waals surface area contributed by atoms with Crippen LogP contribution in [0.5, 0.6) is 0 Å². The summed E-state index contributed by atoms with van der Waals surface area (Å²) in [6, 6.07) is 11.1. The van der Waals surface area contributed by atoms with Gasteiger partial charge < -0.3 is 0 Å². The quantitative estimate of drug-likeness (QED) is 0.770. The lowest BCUT2D eigenvalue weighted by molar-refractivity contribution is 0.425. The van der Waals surface area contributed by atoms with E-state index in [1.54, 1.807) is 6.07 Å². The molecule has 0 aliphatic carbocycles. The number of hydrogen-bond donors (Lipinski definition) is 0. The Hall–Kier alpha value is -1.84. The molecule has 1 fully saturated rings. The van der Waals surface area contributed by atoms with Gasteiger partial charge in [0.1, 0.15) is 11.6 Å². The van der Waals surface area contributed by atoms with E-state index in [1.165, 1.54) is 42.5 Å². The molecule has 27 heavy (non-hydrogen) atoms. The second-order valence-corrected chi connectivity index (χ2v) is 10.7. The first-order valence-corrected chi connectivity index (χ1v) is 11.7. The van der Waals surface area contributed by atoms with Crippen molar-refractivity contribution in [3.63, 3.8) is 0 Å². The maximum absolute atomic E-state index is 14.1. The standard InChI is InChI=1S/C18H19F2NO4S2/c19-16-7-3-1-5-14(16)13-27(24,25)21-10-9-18(26(22,23)12-11-21)15-6-2-4-8-17(15)20/h1-8,18H,9-13H2. The lowest BCUT2D eigenvalue weighted by Crippen LogP contribution is -2.34. The number of hydrogen-bond acceptors (Lipinski definition) is 4. The topological polar surface area (TPSA) is 71.5 Å². The smallest absolute Gasteiger partial charge is 0.218 e. The predicted octanol–water partition coefficient (Wildman–Crippen LogP) is 2.66. The zero-order valence-corrected chi connectivity index (χ0v) is 16.0. The monoisotopic (exact) mass is 415 g/mol. The van der Waals surface area contributed by atoms with Crippen molar-refractivity contribution in [3.8, 4) is 0 Å². The van der Waals surface area contributed by atoms with E-state index in [1.807, 2.05) is 0 Å². The van der Waals surface area contributed by atoms with Gasteiger partial charge in [0, 0.05) is 24.2 Å². The number of halogens is 2. The molecule has 1 aliphatic heterocycles. The van der Waals surface area contributed by atoms with Gasteiger partial charge in [0.25, 0.3) is 0 Å². The van der Waals surface area contributed by atoms with Gasteiger partial charge in [0.2, 0.25) is 10.0 Å². The fraction of sp³-hybridized carbons (Fsp3) is 0.333. The maximum atomic E-state index is 14.1. The molecule has 146 valence electrons. The van der Waals surface area contributed by atoms with E-state index < -0.39 is 48.3 Å². The summed E-state index contributed by atoms with van der Waals surface area (Å²) in [6.07, 6.45) is -0.0558. The second-order valence-electron chi connectivity index (χ2n) is 6.41. The average molecular weight is 415 g/mol. The highest BCUT2D eigenvalue weighted by Gasteiger charge is 2.36. The number of sulfonamides is 1. The van der Waals surface area contributed by atoms with Crippen LogP contribution in [0.2, 0.25) is 0 Å². The SMILES string of the molecule is O=S1(=O)CCN(S(=O)(=O)Cc2ccccc2F)CCC1c1ccccc1F. The van der Waals surface area contributed by atoms with Crippen molar-refractivity contribution in [2.45, 2.75) is 17.4 Å². The normalized spacial score (nSPS) is 20.9. The van der Waals surface area contributed by atoms with Gasteiger partial charge in [-0.05, 0) is 18.6 Å². The molecular formula is C18H19F2NO4S2. The molecule has 0 spiro atoms. The second kappa shape index (κ2) is 7.65. The predicted molar refractivity (Wildman–Crippen MR) is 98.1 cm³/mol. The molecule has 5 nitrogen and oxygen atoms in total. The summed E-state index contributed by atoms with van der Waals surface area (Å²) in [6.45, 7) is -0.306. The lowest BCUT2D eigenvalue weighted by Gasteiger charge is -2.20.